The number of pyridine rings is 1. The van der Waals surface area contributed by atoms with Gasteiger partial charge in [-0.1, -0.05) is 0 Å². The standard InChI is InChI=1S/C14H22BN3O2/c1-13(2)14(3,4)20-15(19-13)12-6-10(16)5-11(18-12)9-7-17-8-9/h5-6,9,17H,7-8H2,1-4H3,(H2,16,18). The Kier molecular flexibility index (Phi) is 3.08. The normalized spacial score (nSPS) is 24.7. The minimum atomic E-state index is -0.449. The molecule has 5 nitrogen and oxygen atoms in total. The molecule has 108 valence electrons. The molecule has 1 aromatic rings. The number of nitrogen functional groups attached to an aromatic ring is 1. The monoisotopic (exact) mass is 275 g/mol. The quantitative estimate of drug-likeness (QED) is 0.776. The van der Waals surface area contributed by atoms with E-state index in [2.05, 4.69) is 5.32 Å². The number of nitrogens with one attached hydrogen (secondary N) is 1. The van der Waals surface area contributed by atoms with Crippen molar-refractivity contribution < 1.29 is 9.31 Å². The Bertz CT molecular complexity index is 513. The number of anilines is 1. The van der Waals surface area contributed by atoms with Crippen LogP contribution < -0.4 is 16.6 Å². The van der Waals surface area contributed by atoms with Crippen LogP contribution in [0.15, 0.2) is 12.1 Å². The van der Waals surface area contributed by atoms with Crippen molar-refractivity contribution in [3.8, 4) is 0 Å². The highest BCUT2D eigenvalue weighted by Crippen LogP contribution is 2.36. The van der Waals surface area contributed by atoms with Gasteiger partial charge in [-0.3, -0.25) is 4.98 Å². The Morgan fingerprint density at radius 2 is 1.80 bits per heavy atom. The van der Waals surface area contributed by atoms with Gasteiger partial charge in [-0.25, -0.2) is 0 Å². The van der Waals surface area contributed by atoms with Crippen LogP contribution in [0.3, 0.4) is 0 Å². The molecule has 3 N–H and O–H groups in total. The lowest BCUT2D eigenvalue weighted by atomic mass is 9.83. The summed E-state index contributed by atoms with van der Waals surface area (Å²) >= 11 is 0. The summed E-state index contributed by atoms with van der Waals surface area (Å²) in [5.41, 5.74) is 7.79. The molecule has 0 bridgehead atoms. The molecule has 6 heteroatoms. The third-order valence-electron chi connectivity index (χ3n) is 4.58. The molecule has 0 aromatic carbocycles. The van der Waals surface area contributed by atoms with Crippen molar-refractivity contribution in [2.45, 2.75) is 44.8 Å². The third-order valence-corrected chi connectivity index (χ3v) is 4.58. The maximum absolute atomic E-state index is 6.04. The van der Waals surface area contributed by atoms with Gasteiger partial charge in [0.05, 0.1) is 16.8 Å². The number of hydrogen-bond acceptors (Lipinski definition) is 5. The lowest BCUT2D eigenvalue weighted by molar-refractivity contribution is 0.00578. The molecule has 0 unspecified atom stereocenters. The third kappa shape index (κ3) is 2.22. The van der Waals surface area contributed by atoms with Crippen molar-refractivity contribution in [3.05, 3.63) is 17.8 Å². The highest BCUT2D eigenvalue weighted by molar-refractivity contribution is 6.61. The summed E-state index contributed by atoms with van der Waals surface area (Å²) in [5, 5.41) is 3.25. The number of nitrogens with zero attached hydrogens (tertiary/aromatic N) is 1. The molecule has 20 heavy (non-hydrogen) atoms. The summed E-state index contributed by atoms with van der Waals surface area (Å²) in [6.45, 7) is 10.1. The van der Waals surface area contributed by atoms with Crippen LogP contribution in [-0.4, -0.2) is 36.4 Å². The molecule has 0 amide bonds. The number of nitrogens with two attached hydrogens (primary N) is 1. The average Bonchev–Trinajstić information content (AvgIpc) is 2.45. The van der Waals surface area contributed by atoms with Crippen LogP contribution in [0.2, 0.25) is 0 Å². The van der Waals surface area contributed by atoms with E-state index in [-0.39, 0.29) is 11.2 Å². The van der Waals surface area contributed by atoms with Crippen molar-refractivity contribution in [3.63, 3.8) is 0 Å². The van der Waals surface area contributed by atoms with Gasteiger partial charge in [-0.2, -0.15) is 0 Å². The second kappa shape index (κ2) is 4.45. The van der Waals surface area contributed by atoms with E-state index in [4.69, 9.17) is 20.0 Å². The van der Waals surface area contributed by atoms with E-state index < -0.39 is 7.12 Å². The first-order valence-electron chi connectivity index (χ1n) is 7.12. The maximum atomic E-state index is 6.04. The van der Waals surface area contributed by atoms with Crippen molar-refractivity contribution >= 4 is 18.4 Å². The predicted octanol–water partition coefficient (Wildman–Crippen LogP) is 0.650. The van der Waals surface area contributed by atoms with Crippen LogP contribution in [0, 0.1) is 0 Å². The van der Waals surface area contributed by atoms with Crippen LogP contribution in [0.5, 0.6) is 0 Å². The Balaban J connectivity index is 1.89. The molecule has 0 spiro atoms. The first kappa shape index (κ1) is 13.9. The maximum Gasteiger partial charge on any atom is 0.514 e. The van der Waals surface area contributed by atoms with E-state index in [0.29, 0.717) is 11.6 Å². The fourth-order valence-electron chi connectivity index (χ4n) is 2.39. The molecule has 2 saturated heterocycles. The van der Waals surface area contributed by atoms with Gasteiger partial charge in [-0.05, 0) is 39.8 Å². The molecule has 2 aliphatic heterocycles. The minimum absolute atomic E-state index is 0.359. The minimum Gasteiger partial charge on any atom is -0.399 e. The van der Waals surface area contributed by atoms with Crippen molar-refractivity contribution in [1.29, 1.82) is 0 Å². The SMILES string of the molecule is CC1(C)OB(c2cc(N)cc(C3CNC3)n2)OC1(C)C. The molecule has 0 aliphatic carbocycles. The molecular formula is C14H22BN3O2. The van der Waals surface area contributed by atoms with E-state index in [1.165, 1.54) is 0 Å². The zero-order valence-corrected chi connectivity index (χ0v) is 12.6. The summed E-state index contributed by atoms with van der Waals surface area (Å²) in [4.78, 5) is 4.70. The van der Waals surface area contributed by atoms with E-state index in [1.54, 1.807) is 0 Å². The summed E-state index contributed by atoms with van der Waals surface area (Å²) in [6.07, 6.45) is 0. The highest BCUT2D eigenvalue weighted by atomic mass is 16.7. The molecule has 3 rings (SSSR count). The molecule has 0 radical (unpaired) electrons. The number of aromatic nitrogens is 1. The second-order valence-electron chi connectivity index (χ2n) is 6.69. The van der Waals surface area contributed by atoms with Gasteiger partial charge < -0.3 is 20.4 Å². The topological polar surface area (TPSA) is 69.4 Å². The van der Waals surface area contributed by atoms with E-state index in [0.717, 1.165) is 24.4 Å². The molecule has 0 atom stereocenters. The van der Waals surface area contributed by atoms with E-state index in [9.17, 15) is 0 Å². The lowest BCUT2D eigenvalue weighted by Crippen LogP contribution is -2.43. The Hall–Kier alpha value is -1.11. The Morgan fingerprint density at radius 3 is 2.30 bits per heavy atom. The largest absolute Gasteiger partial charge is 0.514 e. The summed E-state index contributed by atoms with van der Waals surface area (Å²) < 4.78 is 12.1. The van der Waals surface area contributed by atoms with Crippen molar-refractivity contribution in [2.24, 2.45) is 0 Å². The predicted molar refractivity (Wildman–Crippen MR) is 80.0 cm³/mol. The fourth-order valence-corrected chi connectivity index (χ4v) is 2.39. The Morgan fingerprint density at radius 1 is 1.20 bits per heavy atom. The summed E-state index contributed by atoms with van der Waals surface area (Å²) in [6, 6.07) is 3.79. The average molecular weight is 275 g/mol. The molecule has 2 aliphatic rings. The van der Waals surface area contributed by atoms with Gasteiger partial charge in [0.2, 0.25) is 0 Å². The first-order valence-corrected chi connectivity index (χ1v) is 7.12. The summed E-state index contributed by atoms with van der Waals surface area (Å²) in [5.74, 6) is 0.444. The molecular weight excluding hydrogens is 253 g/mol. The van der Waals surface area contributed by atoms with Crippen LogP contribution in [0.4, 0.5) is 5.69 Å². The fraction of sp³-hybridized carbons (Fsp3) is 0.643. The van der Waals surface area contributed by atoms with E-state index >= 15 is 0 Å². The van der Waals surface area contributed by atoms with Gasteiger partial charge >= 0.3 is 7.12 Å². The van der Waals surface area contributed by atoms with Gasteiger partial charge in [0.1, 0.15) is 0 Å². The summed E-state index contributed by atoms with van der Waals surface area (Å²) in [7, 11) is -0.449. The van der Waals surface area contributed by atoms with Crippen LogP contribution in [-0.2, 0) is 9.31 Å². The number of rotatable bonds is 2. The molecule has 2 fully saturated rings. The highest BCUT2D eigenvalue weighted by Gasteiger charge is 2.52. The van der Waals surface area contributed by atoms with Crippen LogP contribution >= 0.6 is 0 Å². The molecule has 0 saturated carbocycles. The smallest absolute Gasteiger partial charge is 0.399 e. The van der Waals surface area contributed by atoms with Gasteiger partial charge in [0.25, 0.3) is 0 Å². The second-order valence-corrected chi connectivity index (χ2v) is 6.69. The number of hydrogen-bond donors (Lipinski definition) is 2. The first-order chi connectivity index (χ1) is 9.28. The van der Waals surface area contributed by atoms with Gasteiger partial charge in [0.15, 0.2) is 0 Å². The van der Waals surface area contributed by atoms with Gasteiger partial charge in [0, 0.05) is 30.4 Å². The molecule has 1 aromatic heterocycles. The van der Waals surface area contributed by atoms with Crippen LogP contribution in [0.1, 0.15) is 39.3 Å². The van der Waals surface area contributed by atoms with Crippen LogP contribution in [0.25, 0.3) is 0 Å². The van der Waals surface area contributed by atoms with E-state index in [1.807, 2.05) is 39.8 Å². The molecule has 3 heterocycles. The van der Waals surface area contributed by atoms with Crippen molar-refractivity contribution in [2.75, 3.05) is 18.8 Å². The lowest BCUT2D eigenvalue weighted by Gasteiger charge is -2.32. The van der Waals surface area contributed by atoms with Gasteiger partial charge in [-0.15, -0.1) is 0 Å². The Labute approximate surface area is 120 Å². The van der Waals surface area contributed by atoms with Crippen molar-refractivity contribution in [1.82, 2.24) is 10.3 Å². The zero-order chi connectivity index (χ0) is 14.5. The zero-order valence-electron chi connectivity index (χ0n) is 12.6.